The number of carbonyl (C=O) groups excluding carboxylic acids is 3. The summed E-state index contributed by atoms with van der Waals surface area (Å²) in [5.41, 5.74) is -8.28. The number of aliphatic hydroxyl groups is 2. The van der Waals surface area contributed by atoms with Gasteiger partial charge in [0.15, 0.2) is 17.1 Å². The number of fused-ring (bicyclic) bond motifs is 5. The molecule has 0 saturated heterocycles. The lowest BCUT2D eigenvalue weighted by Crippen LogP contribution is -2.70. The van der Waals surface area contributed by atoms with Crippen LogP contribution < -0.4 is 0 Å². The zero-order chi connectivity index (χ0) is 30.9. The minimum Gasteiger partial charge on any atom is -0.457 e. The van der Waals surface area contributed by atoms with E-state index in [0.29, 0.717) is 0 Å². The van der Waals surface area contributed by atoms with Crippen LogP contribution in [0.2, 0.25) is 0 Å². The van der Waals surface area contributed by atoms with Crippen molar-refractivity contribution in [2.45, 2.75) is 83.0 Å². The topological polar surface area (TPSA) is 114 Å². The highest BCUT2D eigenvalue weighted by molar-refractivity contribution is 8.14. The Morgan fingerprint density at radius 2 is 1.98 bits per heavy atom. The van der Waals surface area contributed by atoms with Gasteiger partial charge in [0.05, 0.1) is 18.1 Å². The van der Waals surface area contributed by atoms with Gasteiger partial charge in [0, 0.05) is 22.7 Å². The third-order valence-electron chi connectivity index (χ3n) is 10.1. The van der Waals surface area contributed by atoms with E-state index >= 15 is 8.78 Å². The number of alkyl halides is 2. The molecule has 4 aliphatic rings. The fraction of sp³-hybridized carbons (Fsp3) is 0.594. The molecule has 0 bridgehead atoms. The first kappa shape index (κ1) is 30.7. The van der Waals surface area contributed by atoms with E-state index in [1.807, 2.05) is 0 Å². The van der Waals surface area contributed by atoms with Crippen molar-refractivity contribution in [3.63, 3.8) is 0 Å². The summed E-state index contributed by atoms with van der Waals surface area (Å²) in [6.07, 6.45) is 1.40. The number of halogens is 2. The molecule has 4 aliphatic carbocycles. The number of rotatable bonds is 4. The lowest BCUT2D eigenvalue weighted by atomic mass is 9.44. The van der Waals surface area contributed by atoms with Crippen LogP contribution in [0.5, 0.6) is 0 Å². The Balaban J connectivity index is 1.59. The van der Waals surface area contributed by atoms with Gasteiger partial charge >= 0.3 is 5.97 Å². The molecule has 1 aromatic heterocycles. The third kappa shape index (κ3) is 4.34. The first-order valence-corrected chi connectivity index (χ1v) is 15.1. The van der Waals surface area contributed by atoms with Crippen LogP contribution in [-0.4, -0.2) is 62.0 Å². The number of thioether (sulfide) groups is 1. The van der Waals surface area contributed by atoms with Crippen molar-refractivity contribution in [2.75, 3.05) is 5.75 Å². The molecular weight excluding hydrogens is 566 g/mol. The largest absolute Gasteiger partial charge is 0.457 e. The van der Waals surface area contributed by atoms with Crippen LogP contribution in [0.3, 0.4) is 0 Å². The van der Waals surface area contributed by atoms with Crippen molar-refractivity contribution < 1.29 is 42.5 Å². The molecule has 3 saturated carbocycles. The van der Waals surface area contributed by atoms with Gasteiger partial charge in [0.1, 0.15) is 11.8 Å². The highest BCUT2D eigenvalue weighted by Crippen LogP contribution is 2.72. The van der Waals surface area contributed by atoms with Crippen LogP contribution in [0.15, 0.2) is 46.6 Å². The van der Waals surface area contributed by atoms with Crippen LogP contribution in [0.25, 0.3) is 0 Å². The second kappa shape index (κ2) is 10.2. The lowest BCUT2D eigenvalue weighted by molar-refractivity contribution is -0.221. The second-order valence-corrected chi connectivity index (χ2v) is 14.0. The van der Waals surface area contributed by atoms with Crippen molar-refractivity contribution >= 4 is 28.6 Å². The Hall–Kier alpha value is -2.74. The molecule has 1 aromatic rings. The van der Waals surface area contributed by atoms with Crippen molar-refractivity contribution in [2.24, 2.45) is 28.6 Å². The van der Waals surface area contributed by atoms with Gasteiger partial charge in [-0.1, -0.05) is 43.5 Å². The minimum absolute atomic E-state index is 0.00697. The monoisotopic (exact) mass is 602 g/mol. The summed E-state index contributed by atoms with van der Waals surface area (Å²) in [6, 6.07) is 2.92. The van der Waals surface area contributed by atoms with Crippen molar-refractivity contribution in [1.29, 1.82) is 0 Å². The summed E-state index contributed by atoms with van der Waals surface area (Å²) >= 11 is 0.820. The molecule has 0 radical (unpaired) electrons. The zero-order valence-corrected chi connectivity index (χ0v) is 25.1. The van der Waals surface area contributed by atoms with E-state index in [1.54, 1.807) is 13.8 Å². The summed E-state index contributed by atoms with van der Waals surface area (Å²) in [6.45, 7) is 7.99. The molecule has 0 aromatic carbocycles. The number of ketones is 1. The number of hydrogen-bond acceptors (Lipinski definition) is 8. The molecule has 3 fully saturated rings. The normalized spacial score (nSPS) is 40.6. The van der Waals surface area contributed by atoms with Gasteiger partial charge in [0.25, 0.3) is 0 Å². The summed E-state index contributed by atoms with van der Waals surface area (Å²) < 4.78 is 44.8. The number of aliphatic hydroxyl groups excluding tert-OH is 1. The van der Waals surface area contributed by atoms with E-state index in [-0.39, 0.29) is 36.3 Å². The van der Waals surface area contributed by atoms with Crippen molar-refractivity contribution in [3.05, 3.63) is 48.0 Å². The number of esters is 1. The van der Waals surface area contributed by atoms with Crippen LogP contribution >= 0.6 is 11.8 Å². The summed E-state index contributed by atoms with van der Waals surface area (Å²) in [5.74, 6) is 1.65. The van der Waals surface area contributed by atoms with E-state index in [2.05, 4.69) is 11.8 Å². The Bertz CT molecular complexity index is 1420. The third-order valence-corrected chi connectivity index (χ3v) is 11.0. The number of carbonyl (C=O) groups is 3. The highest BCUT2D eigenvalue weighted by Gasteiger charge is 2.78. The maximum absolute atomic E-state index is 17.6. The fourth-order valence-corrected chi connectivity index (χ4v) is 9.24. The first-order chi connectivity index (χ1) is 19.5. The lowest BCUT2D eigenvalue weighted by Gasteiger charge is -2.63. The molecule has 0 aliphatic heterocycles. The Kier molecular flexibility index (Phi) is 7.44. The maximum atomic E-state index is 17.6. The molecule has 2 N–H and O–H groups in total. The molecule has 0 amide bonds. The van der Waals surface area contributed by atoms with Gasteiger partial charge in [-0.25, -0.2) is 13.6 Å². The minimum atomic E-state index is -2.34. The SMILES string of the molecule is C[C@@H]1C[C@H]2[C@@H]3C[C@H](F)C4=CC(=O)C=C[C@]4(C)[C@@]3(F)[C@@H](O)C[C@]2(C)[C@@]1(OC(=O)c1ccco1)C(=O)SCC#CC(C)(C)O. The Morgan fingerprint density at radius 3 is 2.62 bits per heavy atom. The van der Waals surface area contributed by atoms with E-state index in [1.165, 1.54) is 51.3 Å². The van der Waals surface area contributed by atoms with Crippen LogP contribution in [0.4, 0.5) is 8.78 Å². The van der Waals surface area contributed by atoms with Crippen LogP contribution in [0.1, 0.15) is 64.4 Å². The number of allylic oxidation sites excluding steroid dienone is 4. The summed E-state index contributed by atoms with van der Waals surface area (Å²) in [5, 5.41) is 21.1. The van der Waals surface area contributed by atoms with Gasteiger partial charge in [-0.3, -0.25) is 9.59 Å². The smallest absolute Gasteiger partial charge is 0.375 e. The maximum Gasteiger partial charge on any atom is 0.375 e. The molecule has 10 heteroatoms. The summed E-state index contributed by atoms with van der Waals surface area (Å²) in [4.78, 5) is 39.7. The van der Waals surface area contributed by atoms with E-state index in [9.17, 15) is 24.6 Å². The zero-order valence-electron chi connectivity index (χ0n) is 24.3. The van der Waals surface area contributed by atoms with Gasteiger partial charge in [0.2, 0.25) is 10.9 Å². The van der Waals surface area contributed by atoms with Crippen LogP contribution in [-0.2, 0) is 14.3 Å². The standard InChI is InChI=1S/C32H36F2O7S/c1-18-14-20-21-16-23(33)22-15-19(35)9-11-29(22,4)31(21,34)25(36)17-30(20,5)32(18,41-26(37)24-8-6-12-40-24)27(38)42-13-7-10-28(2,3)39/h6,8-9,11-12,15,18,20-21,23,25,36,39H,13-14,16-17H2,1-5H3/t18-,20+,21+,23+,25+,29+,30+,31+,32+/m1/s1. The van der Waals surface area contributed by atoms with Gasteiger partial charge in [-0.2, -0.15) is 0 Å². The van der Waals surface area contributed by atoms with Gasteiger partial charge in [-0.15, -0.1) is 0 Å². The predicted molar refractivity (Wildman–Crippen MR) is 152 cm³/mol. The quantitative estimate of drug-likeness (QED) is 0.374. The molecular formula is C32H36F2O7S. The second-order valence-electron chi connectivity index (χ2n) is 13.0. The fourth-order valence-electron chi connectivity index (χ4n) is 8.27. The Morgan fingerprint density at radius 1 is 1.26 bits per heavy atom. The van der Waals surface area contributed by atoms with E-state index in [4.69, 9.17) is 9.15 Å². The molecule has 226 valence electrons. The molecule has 9 atom stereocenters. The molecule has 42 heavy (non-hydrogen) atoms. The van der Waals surface area contributed by atoms with Gasteiger partial charge in [-0.05, 0) is 75.8 Å². The molecule has 5 rings (SSSR count). The average Bonchev–Trinajstić information content (AvgIpc) is 3.51. The van der Waals surface area contributed by atoms with Crippen LogP contribution in [0, 0.1) is 40.4 Å². The molecule has 7 nitrogen and oxygen atoms in total. The van der Waals surface area contributed by atoms with Crippen molar-refractivity contribution in [3.8, 4) is 11.8 Å². The van der Waals surface area contributed by atoms with Gasteiger partial charge < -0.3 is 19.4 Å². The molecule has 1 heterocycles. The summed E-state index contributed by atoms with van der Waals surface area (Å²) in [7, 11) is 0. The number of furan rings is 1. The highest BCUT2D eigenvalue weighted by atomic mass is 32.2. The molecule has 0 spiro atoms. The molecule has 0 unspecified atom stereocenters. The predicted octanol–water partition coefficient (Wildman–Crippen LogP) is 4.77. The Labute approximate surface area is 248 Å². The number of ether oxygens (including phenoxy) is 1. The first-order valence-electron chi connectivity index (χ1n) is 14.1. The van der Waals surface area contributed by atoms with E-state index in [0.717, 1.165) is 17.8 Å². The average molecular weight is 603 g/mol. The number of hydrogen-bond donors (Lipinski definition) is 2. The van der Waals surface area contributed by atoms with E-state index < -0.39 is 74.6 Å². The van der Waals surface area contributed by atoms with Crippen molar-refractivity contribution in [1.82, 2.24) is 0 Å².